The molecule has 1 aromatic carbocycles. The van der Waals surface area contributed by atoms with Gasteiger partial charge in [-0.15, -0.1) is 0 Å². The smallest absolute Gasteiger partial charge is 0.321 e. The highest BCUT2D eigenvalue weighted by atomic mass is 16.2. The number of nitrogens with one attached hydrogen (secondary N) is 2. The van der Waals surface area contributed by atoms with Crippen molar-refractivity contribution in [2.24, 2.45) is 5.92 Å². The van der Waals surface area contributed by atoms with E-state index in [9.17, 15) is 4.79 Å². The number of urea groups is 1. The minimum Gasteiger partial charge on any atom is -0.382 e. The molecule has 3 rings (SSSR count). The van der Waals surface area contributed by atoms with Gasteiger partial charge in [-0.1, -0.05) is 26.2 Å². The van der Waals surface area contributed by atoms with Crippen molar-refractivity contribution in [3.8, 4) is 0 Å². The summed E-state index contributed by atoms with van der Waals surface area (Å²) in [5, 5.41) is 6.52. The van der Waals surface area contributed by atoms with Crippen LogP contribution in [0.2, 0.25) is 0 Å². The molecule has 2 fully saturated rings. The van der Waals surface area contributed by atoms with E-state index < -0.39 is 0 Å². The summed E-state index contributed by atoms with van der Waals surface area (Å²) in [6.07, 6.45) is 6.58. The van der Waals surface area contributed by atoms with E-state index in [1.807, 2.05) is 12.1 Å². The Hall–Kier alpha value is -1.71. The minimum atomic E-state index is 0.00837. The number of hydrogen-bond acceptors (Lipinski definition) is 2. The van der Waals surface area contributed by atoms with E-state index in [-0.39, 0.29) is 6.03 Å². The first-order valence-corrected chi connectivity index (χ1v) is 8.20. The third-order valence-corrected chi connectivity index (χ3v) is 4.82. The molecule has 0 radical (unpaired) electrons. The van der Waals surface area contributed by atoms with Crippen molar-refractivity contribution in [2.75, 3.05) is 23.3 Å². The lowest BCUT2D eigenvalue weighted by Gasteiger charge is -2.32. The molecule has 4 nitrogen and oxygen atoms in total. The molecule has 4 heteroatoms. The predicted molar refractivity (Wildman–Crippen MR) is 86.8 cm³/mol. The van der Waals surface area contributed by atoms with Gasteiger partial charge < -0.3 is 10.6 Å². The van der Waals surface area contributed by atoms with Crippen LogP contribution in [0.1, 0.15) is 39.0 Å². The van der Waals surface area contributed by atoms with Crippen molar-refractivity contribution >= 4 is 17.4 Å². The normalized spacial score (nSPS) is 25.8. The third kappa shape index (κ3) is 3.14. The van der Waals surface area contributed by atoms with Gasteiger partial charge in [0, 0.05) is 30.5 Å². The van der Waals surface area contributed by atoms with Gasteiger partial charge in [-0.25, -0.2) is 4.79 Å². The second-order valence-corrected chi connectivity index (χ2v) is 6.13. The fourth-order valence-electron chi connectivity index (χ4n) is 3.56. The van der Waals surface area contributed by atoms with Crippen LogP contribution in [0.15, 0.2) is 24.3 Å². The van der Waals surface area contributed by atoms with E-state index in [4.69, 9.17) is 0 Å². The fraction of sp³-hybridized carbons (Fsp3) is 0.588. The largest absolute Gasteiger partial charge is 0.382 e. The number of anilines is 2. The van der Waals surface area contributed by atoms with Crippen LogP contribution in [0.5, 0.6) is 0 Å². The molecule has 0 aromatic heterocycles. The van der Waals surface area contributed by atoms with Gasteiger partial charge in [0.2, 0.25) is 0 Å². The van der Waals surface area contributed by atoms with Crippen LogP contribution in [0.4, 0.5) is 16.2 Å². The van der Waals surface area contributed by atoms with E-state index in [0.717, 1.165) is 24.7 Å². The number of rotatable bonds is 4. The molecule has 1 heterocycles. The molecule has 1 saturated heterocycles. The van der Waals surface area contributed by atoms with Crippen LogP contribution in [0.25, 0.3) is 0 Å². The van der Waals surface area contributed by atoms with Crippen LogP contribution >= 0.6 is 0 Å². The van der Waals surface area contributed by atoms with Crippen molar-refractivity contribution in [1.82, 2.24) is 5.32 Å². The van der Waals surface area contributed by atoms with E-state index in [1.165, 1.54) is 37.8 Å². The summed E-state index contributed by atoms with van der Waals surface area (Å²) < 4.78 is 0. The van der Waals surface area contributed by atoms with Gasteiger partial charge in [0.05, 0.1) is 0 Å². The Bertz CT molecular complexity index is 485. The summed E-state index contributed by atoms with van der Waals surface area (Å²) in [4.78, 5) is 13.4. The molecule has 2 aliphatic rings. The monoisotopic (exact) mass is 287 g/mol. The maximum Gasteiger partial charge on any atom is 0.321 e. The highest BCUT2D eigenvalue weighted by Gasteiger charge is 2.24. The van der Waals surface area contributed by atoms with Crippen molar-refractivity contribution in [3.05, 3.63) is 24.3 Å². The zero-order valence-electron chi connectivity index (χ0n) is 12.8. The Morgan fingerprint density at radius 3 is 2.67 bits per heavy atom. The van der Waals surface area contributed by atoms with E-state index in [1.54, 1.807) is 4.90 Å². The lowest BCUT2D eigenvalue weighted by molar-refractivity contribution is 0.252. The summed E-state index contributed by atoms with van der Waals surface area (Å²) >= 11 is 0. The molecule has 1 aromatic rings. The minimum absolute atomic E-state index is 0.00837. The lowest BCUT2D eigenvalue weighted by Crippen LogP contribution is -2.31. The fourth-order valence-corrected chi connectivity index (χ4v) is 3.56. The first kappa shape index (κ1) is 14.2. The van der Waals surface area contributed by atoms with Gasteiger partial charge in [-0.05, 0) is 43.0 Å². The summed E-state index contributed by atoms with van der Waals surface area (Å²) in [7, 11) is 0. The van der Waals surface area contributed by atoms with Crippen molar-refractivity contribution in [1.29, 1.82) is 0 Å². The number of carbonyl (C=O) groups is 1. The van der Waals surface area contributed by atoms with Crippen LogP contribution in [0, 0.1) is 5.92 Å². The third-order valence-electron chi connectivity index (χ3n) is 4.82. The van der Waals surface area contributed by atoms with Gasteiger partial charge in [-0.3, -0.25) is 4.90 Å². The van der Waals surface area contributed by atoms with Crippen LogP contribution in [0.3, 0.4) is 0 Å². The highest BCUT2D eigenvalue weighted by molar-refractivity contribution is 5.94. The number of nitrogens with zero attached hydrogens (tertiary/aromatic N) is 1. The molecule has 2 N–H and O–H groups in total. The topological polar surface area (TPSA) is 44.4 Å². The quantitative estimate of drug-likeness (QED) is 0.888. The summed E-state index contributed by atoms with van der Waals surface area (Å²) in [6.45, 7) is 3.78. The number of amides is 2. The Morgan fingerprint density at radius 2 is 2.00 bits per heavy atom. The molecule has 0 spiro atoms. The molecule has 2 atom stereocenters. The summed E-state index contributed by atoms with van der Waals surface area (Å²) in [6, 6.07) is 8.89. The van der Waals surface area contributed by atoms with E-state index in [2.05, 4.69) is 29.7 Å². The number of carbonyl (C=O) groups excluding carboxylic acids is 1. The molecule has 1 saturated carbocycles. The Kier molecular flexibility index (Phi) is 4.32. The first-order valence-electron chi connectivity index (χ1n) is 8.20. The molecule has 0 bridgehead atoms. The average Bonchev–Trinajstić information content (AvgIpc) is 2.95. The Labute approximate surface area is 126 Å². The van der Waals surface area contributed by atoms with Gasteiger partial charge in [-0.2, -0.15) is 0 Å². The Morgan fingerprint density at radius 1 is 1.24 bits per heavy atom. The molecule has 2 unspecified atom stereocenters. The van der Waals surface area contributed by atoms with E-state index >= 15 is 0 Å². The Balaban J connectivity index is 1.65. The second kappa shape index (κ2) is 6.37. The summed E-state index contributed by atoms with van der Waals surface area (Å²) in [5.41, 5.74) is 2.15. The first-order chi connectivity index (χ1) is 10.3. The van der Waals surface area contributed by atoms with Crippen molar-refractivity contribution in [2.45, 2.75) is 45.1 Å². The van der Waals surface area contributed by atoms with Gasteiger partial charge >= 0.3 is 6.03 Å². The number of benzene rings is 1. The molecular formula is C17H25N3O. The zero-order chi connectivity index (χ0) is 14.7. The lowest BCUT2D eigenvalue weighted by atomic mass is 9.83. The molecule has 114 valence electrons. The standard InChI is InChI=1S/C17H25N3O/c1-2-13-5-3-4-6-16(13)19-14-7-9-15(10-8-14)20-12-11-18-17(20)21/h7-10,13,16,19H,2-6,11-12H2,1H3,(H,18,21). The molecule has 1 aliphatic carbocycles. The maximum atomic E-state index is 11.7. The van der Waals surface area contributed by atoms with Gasteiger partial charge in [0.25, 0.3) is 0 Å². The molecule has 21 heavy (non-hydrogen) atoms. The van der Waals surface area contributed by atoms with Crippen LogP contribution in [-0.4, -0.2) is 25.2 Å². The van der Waals surface area contributed by atoms with E-state index in [0.29, 0.717) is 6.04 Å². The highest BCUT2D eigenvalue weighted by Crippen LogP contribution is 2.30. The molecule has 1 aliphatic heterocycles. The zero-order valence-corrected chi connectivity index (χ0v) is 12.8. The second-order valence-electron chi connectivity index (χ2n) is 6.13. The molecule has 2 amide bonds. The predicted octanol–water partition coefficient (Wildman–Crippen LogP) is 3.60. The summed E-state index contributed by atoms with van der Waals surface area (Å²) in [5.74, 6) is 0.794. The maximum absolute atomic E-state index is 11.7. The van der Waals surface area contributed by atoms with Gasteiger partial charge in [0.15, 0.2) is 0 Å². The van der Waals surface area contributed by atoms with Crippen LogP contribution in [-0.2, 0) is 0 Å². The molecular weight excluding hydrogens is 262 g/mol. The van der Waals surface area contributed by atoms with Crippen LogP contribution < -0.4 is 15.5 Å². The van der Waals surface area contributed by atoms with Gasteiger partial charge in [0.1, 0.15) is 0 Å². The average molecular weight is 287 g/mol. The number of hydrogen-bond donors (Lipinski definition) is 2. The van der Waals surface area contributed by atoms with Crippen molar-refractivity contribution in [3.63, 3.8) is 0 Å². The van der Waals surface area contributed by atoms with Crippen molar-refractivity contribution < 1.29 is 4.79 Å². The SMILES string of the molecule is CCC1CCCCC1Nc1ccc(N2CCNC2=O)cc1.